The maximum Gasteiger partial charge on any atom is 0.119 e. The second-order valence-electron chi connectivity index (χ2n) is 4.88. The average molecular weight is 391 g/mol. The molecule has 2 aromatic rings. The smallest absolute Gasteiger partial charge is 0.119 e. The molecule has 1 N–H and O–H groups in total. The van der Waals surface area contributed by atoms with E-state index in [1.54, 1.807) is 0 Å². The summed E-state index contributed by atoms with van der Waals surface area (Å²) in [6.07, 6.45) is 1.96. The van der Waals surface area contributed by atoms with Gasteiger partial charge in [0.05, 0.1) is 10.7 Å². The highest BCUT2D eigenvalue weighted by Crippen LogP contribution is 2.16. The molecule has 0 saturated heterocycles. The van der Waals surface area contributed by atoms with Crippen LogP contribution in [-0.4, -0.2) is 12.0 Å². The first-order valence-corrected chi connectivity index (χ1v) is 9.11. The summed E-state index contributed by atoms with van der Waals surface area (Å²) in [4.78, 5) is 0. The zero-order valence-electron chi connectivity index (χ0n) is 13.2. The van der Waals surface area contributed by atoms with E-state index < -0.39 is 0 Å². The molecular formula is C18H19BrN2OS. The van der Waals surface area contributed by atoms with E-state index in [0.717, 1.165) is 32.1 Å². The number of benzene rings is 2. The lowest BCUT2D eigenvalue weighted by atomic mass is 10.1. The Morgan fingerprint density at radius 1 is 1.17 bits per heavy atom. The van der Waals surface area contributed by atoms with Gasteiger partial charge in [-0.15, -0.1) is 11.8 Å². The van der Waals surface area contributed by atoms with Gasteiger partial charge in [0.1, 0.15) is 12.4 Å². The number of thioether (sulfide) groups is 1. The maximum atomic E-state index is 5.79. The molecule has 0 aliphatic rings. The maximum absolute atomic E-state index is 5.79. The summed E-state index contributed by atoms with van der Waals surface area (Å²) in [6, 6.07) is 16.0. The van der Waals surface area contributed by atoms with Crippen molar-refractivity contribution in [1.82, 2.24) is 5.43 Å². The lowest BCUT2D eigenvalue weighted by molar-refractivity contribution is 0.306. The van der Waals surface area contributed by atoms with Crippen molar-refractivity contribution in [1.29, 1.82) is 0 Å². The molecule has 0 fully saturated rings. The van der Waals surface area contributed by atoms with E-state index in [1.807, 2.05) is 61.7 Å². The van der Waals surface area contributed by atoms with Crippen LogP contribution in [0.4, 0.5) is 0 Å². The molecule has 0 bridgehead atoms. The zero-order chi connectivity index (χ0) is 16.7. The molecule has 0 aliphatic heterocycles. The van der Waals surface area contributed by atoms with Gasteiger partial charge >= 0.3 is 0 Å². The van der Waals surface area contributed by atoms with Crippen molar-refractivity contribution in [3.8, 4) is 5.75 Å². The minimum Gasteiger partial charge on any atom is -0.489 e. The van der Waals surface area contributed by atoms with E-state index in [-0.39, 0.29) is 0 Å². The van der Waals surface area contributed by atoms with Crippen molar-refractivity contribution in [3.05, 3.63) is 75.7 Å². The molecule has 0 heterocycles. The molecule has 0 saturated carbocycles. The number of nitrogens with zero attached hydrogens (tertiary/aromatic N) is 1. The first kappa shape index (κ1) is 17.6. The third kappa shape index (κ3) is 5.77. The second-order valence-corrected chi connectivity index (χ2v) is 6.69. The summed E-state index contributed by atoms with van der Waals surface area (Å²) in [6.45, 7) is 6.34. The van der Waals surface area contributed by atoms with Crippen molar-refractivity contribution in [3.63, 3.8) is 0 Å². The molecular weight excluding hydrogens is 372 g/mol. The van der Waals surface area contributed by atoms with Gasteiger partial charge in [-0.25, -0.2) is 0 Å². The highest BCUT2D eigenvalue weighted by molar-refractivity contribution is 9.10. The van der Waals surface area contributed by atoms with Crippen LogP contribution in [0.2, 0.25) is 0 Å². The molecule has 2 aromatic carbocycles. The predicted octanol–water partition coefficient (Wildman–Crippen LogP) is 5.18. The van der Waals surface area contributed by atoms with E-state index in [4.69, 9.17) is 4.74 Å². The average Bonchev–Trinajstić information content (AvgIpc) is 2.59. The predicted molar refractivity (Wildman–Crippen MR) is 103 cm³/mol. The van der Waals surface area contributed by atoms with Crippen molar-refractivity contribution < 1.29 is 4.74 Å². The highest BCUT2D eigenvalue weighted by Gasteiger charge is 2.00. The van der Waals surface area contributed by atoms with Gasteiger partial charge < -0.3 is 4.74 Å². The number of ether oxygens (including phenoxy) is 1. The van der Waals surface area contributed by atoms with E-state index in [9.17, 15) is 0 Å². The van der Waals surface area contributed by atoms with Gasteiger partial charge in [-0.05, 0) is 60.7 Å². The fourth-order valence-corrected chi connectivity index (χ4v) is 2.20. The lowest BCUT2D eigenvalue weighted by Crippen LogP contribution is -2.06. The van der Waals surface area contributed by atoms with Crippen LogP contribution in [0, 0.1) is 0 Å². The van der Waals surface area contributed by atoms with Gasteiger partial charge in [-0.2, -0.15) is 5.10 Å². The summed E-state index contributed by atoms with van der Waals surface area (Å²) in [5.74, 6) is 0.839. The Morgan fingerprint density at radius 3 is 2.43 bits per heavy atom. The summed E-state index contributed by atoms with van der Waals surface area (Å²) in [5, 5.41) is 5.12. The molecule has 0 atom stereocenters. The molecule has 0 unspecified atom stereocenters. The van der Waals surface area contributed by atoms with Crippen LogP contribution in [0.25, 0.3) is 0 Å². The van der Waals surface area contributed by atoms with Gasteiger partial charge in [-0.3, -0.25) is 5.43 Å². The van der Waals surface area contributed by atoms with Gasteiger partial charge in [0, 0.05) is 4.47 Å². The fraction of sp³-hybridized carbons (Fsp3) is 0.167. The second kappa shape index (κ2) is 8.79. The summed E-state index contributed by atoms with van der Waals surface area (Å²) in [7, 11) is 0. The normalized spacial score (nSPS) is 11.2. The third-order valence-corrected chi connectivity index (χ3v) is 4.30. The Balaban J connectivity index is 1.93. The van der Waals surface area contributed by atoms with Crippen LogP contribution >= 0.6 is 27.7 Å². The topological polar surface area (TPSA) is 33.6 Å². The molecule has 0 aromatic heterocycles. The molecule has 3 nitrogen and oxygen atoms in total. The van der Waals surface area contributed by atoms with Gasteiger partial charge in [-0.1, -0.05) is 34.6 Å². The van der Waals surface area contributed by atoms with Gasteiger partial charge in [0.25, 0.3) is 0 Å². The number of hydrogen-bond acceptors (Lipinski definition) is 4. The quantitative estimate of drug-likeness (QED) is 0.522. The zero-order valence-corrected chi connectivity index (χ0v) is 15.6. The van der Waals surface area contributed by atoms with E-state index in [1.165, 1.54) is 11.8 Å². The largest absolute Gasteiger partial charge is 0.489 e. The van der Waals surface area contributed by atoms with Crippen LogP contribution in [0.1, 0.15) is 18.1 Å². The van der Waals surface area contributed by atoms with E-state index >= 15 is 0 Å². The Hall–Kier alpha value is -1.72. The first-order valence-electron chi connectivity index (χ1n) is 7.09. The third-order valence-electron chi connectivity index (χ3n) is 3.19. The van der Waals surface area contributed by atoms with Crippen LogP contribution in [0.15, 0.2) is 69.7 Å². The number of nitrogens with one attached hydrogen (secondary N) is 1. The van der Waals surface area contributed by atoms with Crippen molar-refractivity contribution >= 4 is 33.4 Å². The summed E-state index contributed by atoms with van der Waals surface area (Å²) in [5.41, 5.74) is 6.00. The lowest BCUT2D eigenvalue weighted by Gasteiger charge is -2.08. The number of hydrogen-bond donors (Lipinski definition) is 1. The molecule has 0 spiro atoms. The van der Waals surface area contributed by atoms with Crippen molar-refractivity contribution in [2.75, 3.05) is 6.26 Å². The molecule has 0 radical (unpaired) electrons. The number of halogens is 1. The van der Waals surface area contributed by atoms with E-state index in [0.29, 0.717) is 6.61 Å². The molecule has 0 aliphatic carbocycles. The van der Waals surface area contributed by atoms with Crippen molar-refractivity contribution in [2.45, 2.75) is 13.5 Å². The van der Waals surface area contributed by atoms with Crippen molar-refractivity contribution in [2.24, 2.45) is 5.10 Å². The minimum absolute atomic E-state index is 0.550. The van der Waals surface area contributed by atoms with Crippen LogP contribution < -0.4 is 10.2 Å². The first-order chi connectivity index (χ1) is 11.1. The summed E-state index contributed by atoms with van der Waals surface area (Å²) >= 11 is 4.96. The van der Waals surface area contributed by atoms with Gasteiger partial charge in [0.15, 0.2) is 0 Å². The SMILES string of the molecule is C=C(N/N=C(\C)c1ccc(OCc2ccc(Br)cc2)cc1)SC. The number of hydrazone groups is 1. The Kier molecular flexibility index (Phi) is 6.74. The molecule has 0 amide bonds. The molecule has 120 valence electrons. The molecule has 23 heavy (non-hydrogen) atoms. The standard InChI is InChI=1S/C18H19BrN2OS/c1-13(20-21-14(2)23-3)16-6-10-18(11-7-16)22-12-15-4-8-17(19)9-5-15/h4-11,21H,2,12H2,1,3H3/b20-13+. The fourth-order valence-electron chi connectivity index (χ4n) is 1.80. The van der Waals surface area contributed by atoms with Gasteiger partial charge in [0.2, 0.25) is 0 Å². The molecule has 2 rings (SSSR count). The van der Waals surface area contributed by atoms with Crippen LogP contribution in [0.5, 0.6) is 5.75 Å². The van der Waals surface area contributed by atoms with Crippen LogP contribution in [0.3, 0.4) is 0 Å². The minimum atomic E-state index is 0.550. The Labute approximate surface area is 150 Å². The van der Waals surface area contributed by atoms with Crippen LogP contribution in [-0.2, 0) is 6.61 Å². The highest BCUT2D eigenvalue weighted by atomic mass is 79.9. The summed E-state index contributed by atoms with van der Waals surface area (Å²) < 4.78 is 6.86. The van der Waals surface area contributed by atoms with E-state index in [2.05, 4.69) is 33.0 Å². The molecule has 5 heteroatoms. The number of rotatable bonds is 7. The Bertz CT molecular complexity index is 681. The monoisotopic (exact) mass is 390 g/mol. The Morgan fingerprint density at radius 2 is 1.83 bits per heavy atom.